The van der Waals surface area contributed by atoms with Gasteiger partial charge in [0.1, 0.15) is 17.8 Å². The number of carbonyl (C=O) groups is 1. The maximum Gasteiger partial charge on any atom is 0.269 e. The van der Waals surface area contributed by atoms with Crippen molar-refractivity contribution in [3.8, 4) is 0 Å². The number of aryl methyl sites for hydroxylation is 2. The lowest BCUT2D eigenvalue weighted by atomic mass is 10.1. The Balaban J connectivity index is 1.57. The molecule has 8 nitrogen and oxygen atoms in total. The lowest BCUT2D eigenvalue weighted by Crippen LogP contribution is -2.25. The van der Waals surface area contributed by atoms with Crippen molar-refractivity contribution < 1.29 is 4.79 Å². The number of H-pyrrole nitrogens is 1. The van der Waals surface area contributed by atoms with Crippen LogP contribution in [0.15, 0.2) is 42.7 Å². The fourth-order valence-electron chi connectivity index (χ4n) is 2.20. The van der Waals surface area contributed by atoms with E-state index in [1.807, 2.05) is 22.8 Å². The van der Waals surface area contributed by atoms with Crippen LogP contribution in [0, 0.1) is 0 Å². The number of aromatic amines is 1. The molecule has 0 saturated heterocycles. The lowest BCUT2D eigenvalue weighted by molar-refractivity contribution is 0.0944. The molecule has 8 heteroatoms. The number of hydrogen-bond acceptors (Lipinski definition) is 5. The van der Waals surface area contributed by atoms with Crippen LogP contribution < -0.4 is 11.1 Å². The number of carbonyl (C=O) groups excluding carboxylic acids is 1. The topological polar surface area (TPSA) is 115 Å². The number of benzene rings is 1. The maximum atomic E-state index is 11.9. The summed E-state index contributed by atoms with van der Waals surface area (Å²) in [6.07, 6.45) is 2.54. The number of amides is 1. The summed E-state index contributed by atoms with van der Waals surface area (Å²) in [7, 11) is 0. The van der Waals surface area contributed by atoms with Crippen molar-refractivity contribution in [2.45, 2.75) is 19.5 Å². The Hall–Kier alpha value is -3.16. The van der Waals surface area contributed by atoms with E-state index >= 15 is 0 Å². The van der Waals surface area contributed by atoms with Gasteiger partial charge in [-0.25, -0.2) is 0 Å². The van der Waals surface area contributed by atoms with Gasteiger partial charge in [-0.1, -0.05) is 30.3 Å². The number of nitrogens with two attached hydrogens (primary N) is 1. The monoisotopic (exact) mass is 311 g/mol. The average Bonchev–Trinajstić information content (AvgIpc) is 3.20. The first-order valence-corrected chi connectivity index (χ1v) is 7.22. The van der Waals surface area contributed by atoms with E-state index in [1.165, 1.54) is 11.6 Å². The first-order valence-electron chi connectivity index (χ1n) is 7.22. The quantitative estimate of drug-likeness (QED) is 0.621. The molecule has 0 spiro atoms. The van der Waals surface area contributed by atoms with Gasteiger partial charge in [0.2, 0.25) is 0 Å². The summed E-state index contributed by atoms with van der Waals surface area (Å²) in [6.45, 7) is 1.03. The fourth-order valence-corrected chi connectivity index (χ4v) is 2.20. The zero-order chi connectivity index (χ0) is 16.1. The molecule has 4 N–H and O–H groups in total. The van der Waals surface area contributed by atoms with Crippen LogP contribution in [0.25, 0.3) is 0 Å². The highest BCUT2D eigenvalue weighted by Crippen LogP contribution is 2.04. The Morgan fingerprint density at radius 3 is 2.87 bits per heavy atom. The van der Waals surface area contributed by atoms with Gasteiger partial charge in [0, 0.05) is 12.6 Å². The van der Waals surface area contributed by atoms with E-state index in [4.69, 9.17) is 5.73 Å². The van der Waals surface area contributed by atoms with Gasteiger partial charge < -0.3 is 15.6 Å². The van der Waals surface area contributed by atoms with Crippen molar-refractivity contribution in [3.63, 3.8) is 0 Å². The molecule has 0 bridgehead atoms. The maximum absolute atomic E-state index is 11.9. The van der Waals surface area contributed by atoms with E-state index in [0.717, 1.165) is 13.0 Å². The molecule has 0 aliphatic carbocycles. The first kappa shape index (κ1) is 14.8. The smallest absolute Gasteiger partial charge is 0.269 e. The summed E-state index contributed by atoms with van der Waals surface area (Å²) in [5, 5.41) is 17.0. The van der Waals surface area contributed by atoms with Crippen LogP contribution in [0.1, 0.15) is 21.9 Å². The van der Waals surface area contributed by atoms with Crippen LogP contribution in [0.5, 0.6) is 0 Å². The van der Waals surface area contributed by atoms with Gasteiger partial charge in [-0.05, 0) is 12.0 Å². The summed E-state index contributed by atoms with van der Waals surface area (Å²) in [6, 6.07) is 11.7. The molecule has 0 unspecified atom stereocenters. The van der Waals surface area contributed by atoms with Gasteiger partial charge in [-0.3, -0.25) is 9.89 Å². The molecule has 0 fully saturated rings. The number of hydrogen-bond donors (Lipinski definition) is 3. The summed E-state index contributed by atoms with van der Waals surface area (Å²) in [5.74, 6) is 0.690. The number of anilines is 1. The Morgan fingerprint density at radius 2 is 2.13 bits per heavy atom. The summed E-state index contributed by atoms with van der Waals surface area (Å²) in [4.78, 5) is 11.9. The van der Waals surface area contributed by atoms with E-state index in [2.05, 4.69) is 37.8 Å². The lowest BCUT2D eigenvalue weighted by Gasteiger charge is -2.07. The predicted octanol–water partition coefficient (Wildman–Crippen LogP) is 0.756. The minimum absolute atomic E-state index is 0.279. The van der Waals surface area contributed by atoms with Crippen molar-refractivity contribution in [2.75, 3.05) is 5.73 Å². The van der Waals surface area contributed by atoms with Gasteiger partial charge in [-0.2, -0.15) is 5.10 Å². The van der Waals surface area contributed by atoms with Gasteiger partial charge in [0.05, 0.1) is 6.54 Å². The Bertz CT molecular complexity index is 778. The minimum Gasteiger partial charge on any atom is -0.382 e. The minimum atomic E-state index is -0.285. The van der Waals surface area contributed by atoms with E-state index < -0.39 is 0 Å². The Labute approximate surface area is 132 Å². The molecule has 0 aliphatic heterocycles. The molecule has 0 aliphatic rings. The summed E-state index contributed by atoms with van der Waals surface area (Å²) < 4.78 is 1.93. The Kier molecular flexibility index (Phi) is 4.32. The van der Waals surface area contributed by atoms with Crippen LogP contribution in [0.3, 0.4) is 0 Å². The van der Waals surface area contributed by atoms with E-state index in [0.29, 0.717) is 11.5 Å². The first-order chi connectivity index (χ1) is 11.2. The van der Waals surface area contributed by atoms with Crippen molar-refractivity contribution in [1.82, 2.24) is 30.3 Å². The molecule has 3 rings (SSSR count). The highest BCUT2D eigenvalue weighted by Gasteiger charge is 2.10. The highest BCUT2D eigenvalue weighted by molar-refractivity contribution is 5.92. The van der Waals surface area contributed by atoms with Crippen molar-refractivity contribution >= 4 is 11.7 Å². The molecule has 0 atom stereocenters. The summed E-state index contributed by atoms with van der Waals surface area (Å²) in [5.41, 5.74) is 7.03. The third-order valence-electron chi connectivity index (χ3n) is 3.43. The Morgan fingerprint density at radius 1 is 1.30 bits per heavy atom. The second kappa shape index (κ2) is 6.73. The van der Waals surface area contributed by atoms with Gasteiger partial charge in [0.15, 0.2) is 5.82 Å². The fraction of sp³-hybridized carbons (Fsp3) is 0.200. The van der Waals surface area contributed by atoms with Crippen molar-refractivity contribution in [3.05, 3.63) is 59.8 Å². The predicted molar refractivity (Wildman–Crippen MR) is 84.3 cm³/mol. The van der Waals surface area contributed by atoms with Gasteiger partial charge >= 0.3 is 0 Å². The molecule has 1 amide bonds. The number of aromatic nitrogens is 5. The number of nitrogen functional groups attached to an aromatic ring is 1. The summed E-state index contributed by atoms with van der Waals surface area (Å²) >= 11 is 0. The van der Waals surface area contributed by atoms with Gasteiger partial charge in [0.25, 0.3) is 5.91 Å². The number of nitrogens with one attached hydrogen (secondary N) is 2. The molecular weight excluding hydrogens is 294 g/mol. The zero-order valence-corrected chi connectivity index (χ0v) is 12.4. The molecular formula is C15H17N7O. The van der Waals surface area contributed by atoms with Crippen LogP contribution in [0.2, 0.25) is 0 Å². The second-order valence-corrected chi connectivity index (χ2v) is 5.07. The highest BCUT2D eigenvalue weighted by atomic mass is 16.1. The number of rotatable bonds is 6. The van der Waals surface area contributed by atoms with Gasteiger partial charge in [-0.15, -0.1) is 10.2 Å². The van der Waals surface area contributed by atoms with Crippen LogP contribution in [-0.2, 0) is 19.5 Å². The molecule has 23 heavy (non-hydrogen) atoms. The SMILES string of the molecule is Nc1cc(C(=O)NCc2nncn2CCc2ccccc2)[nH]n1. The van der Waals surface area contributed by atoms with Crippen molar-refractivity contribution in [2.24, 2.45) is 0 Å². The normalized spacial score (nSPS) is 10.6. The third-order valence-corrected chi connectivity index (χ3v) is 3.43. The number of nitrogens with zero attached hydrogens (tertiary/aromatic N) is 4. The van der Waals surface area contributed by atoms with E-state index in [-0.39, 0.29) is 18.3 Å². The molecule has 2 aromatic heterocycles. The van der Waals surface area contributed by atoms with Crippen molar-refractivity contribution in [1.29, 1.82) is 0 Å². The molecule has 3 aromatic rings. The second-order valence-electron chi connectivity index (χ2n) is 5.07. The third kappa shape index (κ3) is 3.73. The molecule has 0 saturated carbocycles. The molecule has 2 heterocycles. The average molecular weight is 311 g/mol. The molecule has 118 valence electrons. The van der Waals surface area contributed by atoms with Crippen LogP contribution >= 0.6 is 0 Å². The molecule has 1 aromatic carbocycles. The van der Waals surface area contributed by atoms with E-state index in [1.54, 1.807) is 6.33 Å². The zero-order valence-electron chi connectivity index (χ0n) is 12.4. The largest absolute Gasteiger partial charge is 0.382 e. The molecule has 0 radical (unpaired) electrons. The van der Waals surface area contributed by atoms with Crippen LogP contribution in [-0.4, -0.2) is 30.9 Å². The van der Waals surface area contributed by atoms with Crippen LogP contribution in [0.4, 0.5) is 5.82 Å². The standard InChI is InChI=1S/C15H17N7O/c16-13-8-12(19-20-13)15(23)17-9-14-21-18-10-22(14)7-6-11-4-2-1-3-5-11/h1-5,8,10H,6-7,9H2,(H,17,23)(H3,16,19,20). The van der Waals surface area contributed by atoms with E-state index in [9.17, 15) is 4.79 Å².